The number of benzene rings is 1. The number of methoxy groups -OCH3 is 3. The van der Waals surface area contributed by atoms with E-state index in [1.807, 2.05) is 0 Å². The van der Waals surface area contributed by atoms with Crippen LogP contribution in [-0.4, -0.2) is 54.4 Å². The van der Waals surface area contributed by atoms with Crippen molar-refractivity contribution in [1.29, 1.82) is 0 Å². The molecule has 0 radical (unpaired) electrons. The first-order valence-electron chi connectivity index (χ1n) is 11.7. The largest absolute Gasteiger partial charge is 0.496 e. The Morgan fingerprint density at radius 2 is 1.72 bits per heavy atom. The fourth-order valence-corrected chi connectivity index (χ4v) is 6.20. The number of aromatic nitrogens is 2. The van der Waals surface area contributed by atoms with Crippen LogP contribution in [0.5, 0.6) is 17.6 Å². The summed E-state index contributed by atoms with van der Waals surface area (Å²) in [4.78, 5) is 11.1. The lowest BCUT2D eigenvalue weighted by atomic mass is 9.63. The van der Waals surface area contributed by atoms with E-state index in [4.69, 9.17) is 14.2 Å². The second kappa shape index (κ2) is 8.52. The van der Waals surface area contributed by atoms with Crippen molar-refractivity contribution < 1.29 is 19.3 Å². The Kier molecular flexibility index (Phi) is 5.72. The van der Waals surface area contributed by atoms with Gasteiger partial charge < -0.3 is 19.3 Å². The van der Waals surface area contributed by atoms with E-state index >= 15 is 0 Å². The Balaban J connectivity index is 1.42. The van der Waals surface area contributed by atoms with E-state index in [-0.39, 0.29) is 17.8 Å². The van der Waals surface area contributed by atoms with Crippen LogP contribution >= 0.6 is 0 Å². The van der Waals surface area contributed by atoms with Gasteiger partial charge in [-0.05, 0) is 49.3 Å². The van der Waals surface area contributed by atoms with Crippen LogP contribution in [0.2, 0.25) is 0 Å². The molecule has 1 N–H and O–H groups in total. The Labute approximate surface area is 189 Å². The predicted octanol–water partition coefficient (Wildman–Crippen LogP) is 3.11. The average molecular weight is 440 g/mol. The van der Waals surface area contributed by atoms with Gasteiger partial charge in [-0.15, -0.1) is 0 Å². The van der Waals surface area contributed by atoms with E-state index in [1.165, 1.54) is 30.2 Å². The monoisotopic (exact) mass is 439 g/mol. The summed E-state index contributed by atoms with van der Waals surface area (Å²) >= 11 is 0. The fourth-order valence-electron chi connectivity index (χ4n) is 6.20. The van der Waals surface area contributed by atoms with E-state index in [0.717, 1.165) is 57.5 Å². The topological polar surface area (TPSA) is 76.9 Å². The second-order valence-electron chi connectivity index (χ2n) is 9.41. The Hall–Kier alpha value is -2.38. The van der Waals surface area contributed by atoms with Gasteiger partial charge in [0.05, 0.1) is 26.9 Å². The van der Waals surface area contributed by atoms with Crippen LogP contribution < -0.4 is 14.2 Å². The molecule has 2 aromatic rings. The number of piperidine rings is 1. The number of rotatable bonds is 6. The number of fused-ring (bicyclic) bond motifs is 3. The van der Waals surface area contributed by atoms with E-state index in [1.54, 1.807) is 20.4 Å². The highest BCUT2D eigenvalue weighted by Crippen LogP contribution is 2.51. The van der Waals surface area contributed by atoms with Gasteiger partial charge in [-0.1, -0.05) is 12.5 Å². The molecule has 1 aliphatic heterocycles. The normalized spacial score (nSPS) is 27.1. The SMILES string of the molecule is COc1ncc(C2(O)C3CCCC2CN(Cc2cc4c(cc2OC)CCC4)C3)c(OC)n1. The molecule has 1 aromatic heterocycles. The number of ether oxygens (including phenoxy) is 3. The average Bonchev–Trinajstić information content (AvgIpc) is 3.26. The lowest BCUT2D eigenvalue weighted by molar-refractivity contribution is -0.149. The van der Waals surface area contributed by atoms with Crippen molar-refractivity contribution in [3.8, 4) is 17.6 Å². The number of nitrogens with zero attached hydrogens (tertiary/aromatic N) is 3. The summed E-state index contributed by atoms with van der Waals surface area (Å²) in [6.07, 6.45) is 8.31. The number of likely N-dealkylation sites (tertiary alicyclic amines) is 1. The van der Waals surface area contributed by atoms with Gasteiger partial charge in [0.2, 0.25) is 5.88 Å². The molecular formula is C25H33N3O4. The number of hydrogen-bond acceptors (Lipinski definition) is 7. The summed E-state index contributed by atoms with van der Waals surface area (Å²) in [7, 11) is 4.88. The van der Waals surface area contributed by atoms with Crippen LogP contribution in [0.25, 0.3) is 0 Å². The highest BCUT2D eigenvalue weighted by atomic mass is 16.5. The fraction of sp³-hybridized carbons (Fsp3) is 0.600. The summed E-state index contributed by atoms with van der Waals surface area (Å²) in [5.74, 6) is 1.59. The van der Waals surface area contributed by atoms with Gasteiger partial charge in [-0.2, -0.15) is 4.98 Å². The van der Waals surface area contributed by atoms with Crippen molar-refractivity contribution in [2.45, 2.75) is 50.7 Å². The van der Waals surface area contributed by atoms with Crippen LogP contribution in [0.1, 0.15) is 47.9 Å². The molecule has 1 aromatic carbocycles. The Morgan fingerprint density at radius 3 is 2.38 bits per heavy atom. The van der Waals surface area contributed by atoms with Crippen molar-refractivity contribution in [2.75, 3.05) is 34.4 Å². The maximum absolute atomic E-state index is 12.1. The molecule has 2 fully saturated rings. The van der Waals surface area contributed by atoms with Gasteiger partial charge in [0.25, 0.3) is 0 Å². The summed E-state index contributed by atoms with van der Waals surface area (Å²) in [5.41, 5.74) is 3.85. The first-order chi connectivity index (χ1) is 15.6. The van der Waals surface area contributed by atoms with Gasteiger partial charge in [-0.3, -0.25) is 4.90 Å². The highest BCUT2D eigenvalue weighted by molar-refractivity contribution is 5.45. The molecule has 0 spiro atoms. The molecule has 5 rings (SSSR count). The lowest BCUT2D eigenvalue weighted by Gasteiger charge is -2.53. The standard InChI is InChI=1S/C25H33N3O4/c1-30-22-11-17-7-4-6-16(17)10-18(22)13-28-14-19-8-5-9-20(15-28)25(19,29)21-12-26-24(32-3)27-23(21)31-2/h10-12,19-20,29H,4-9,13-15H2,1-3H3. The predicted molar refractivity (Wildman–Crippen MR) is 120 cm³/mol. The minimum Gasteiger partial charge on any atom is -0.496 e. The van der Waals surface area contributed by atoms with E-state index in [9.17, 15) is 5.11 Å². The van der Waals surface area contributed by atoms with E-state index in [2.05, 4.69) is 27.0 Å². The molecule has 2 bridgehead atoms. The molecule has 2 atom stereocenters. The smallest absolute Gasteiger partial charge is 0.319 e. The summed E-state index contributed by atoms with van der Waals surface area (Å²) in [6, 6.07) is 4.83. The minimum absolute atomic E-state index is 0.0984. The maximum Gasteiger partial charge on any atom is 0.319 e. The van der Waals surface area contributed by atoms with Crippen molar-refractivity contribution in [1.82, 2.24) is 14.9 Å². The van der Waals surface area contributed by atoms with Crippen molar-refractivity contribution >= 4 is 0 Å². The molecular weight excluding hydrogens is 406 g/mol. The van der Waals surface area contributed by atoms with Crippen molar-refractivity contribution in [2.24, 2.45) is 11.8 Å². The Bertz CT molecular complexity index is 981. The summed E-state index contributed by atoms with van der Waals surface area (Å²) < 4.78 is 16.5. The first kappa shape index (κ1) is 21.5. The van der Waals surface area contributed by atoms with Gasteiger partial charge in [-0.25, -0.2) is 4.98 Å². The minimum atomic E-state index is -0.992. The van der Waals surface area contributed by atoms with Crippen LogP contribution in [0.3, 0.4) is 0 Å². The molecule has 1 saturated heterocycles. The number of aryl methyl sites for hydroxylation is 2. The van der Waals surface area contributed by atoms with Gasteiger partial charge in [0, 0.05) is 43.2 Å². The summed E-state index contributed by atoms with van der Waals surface area (Å²) in [6.45, 7) is 2.49. The van der Waals surface area contributed by atoms with Gasteiger partial charge >= 0.3 is 6.01 Å². The third kappa shape index (κ3) is 3.52. The third-order valence-corrected chi connectivity index (χ3v) is 7.74. The van der Waals surface area contributed by atoms with Gasteiger partial charge in [0.1, 0.15) is 11.4 Å². The molecule has 2 aliphatic carbocycles. The molecule has 1 saturated carbocycles. The molecule has 7 heteroatoms. The highest BCUT2D eigenvalue weighted by Gasteiger charge is 2.53. The molecule has 32 heavy (non-hydrogen) atoms. The molecule has 2 unspecified atom stereocenters. The Morgan fingerprint density at radius 1 is 1.00 bits per heavy atom. The van der Waals surface area contributed by atoms with Crippen LogP contribution in [0.4, 0.5) is 0 Å². The van der Waals surface area contributed by atoms with E-state index < -0.39 is 5.60 Å². The van der Waals surface area contributed by atoms with Crippen LogP contribution in [0, 0.1) is 11.8 Å². The van der Waals surface area contributed by atoms with Crippen LogP contribution in [-0.2, 0) is 25.0 Å². The zero-order chi connectivity index (χ0) is 22.3. The quantitative estimate of drug-likeness (QED) is 0.741. The third-order valence-electron chi connectivity index (χ3n) is 7.74. The zero-order valence-corrected chi connectivity index (χ0v) is 19.3. The summed E-state index contributed by atoms with van der Waals surface area (Å²) in [5, 5.41) is 12.1. The zero-order valence-electron chi connectivity index (χ0n) is 19.3. The number of hydrogen-bond donors (Lipinski definition) is 1. The molecule has 7 nitrogen and oxygen atoms in total. The second-order valence-corrected chi connectivity index (χ2v) is 9.41. The lowest BCUT2D eigenvalue weighted by Crippen LogP contribution is -2.58. The van der Waals surface area contributed by atoms with Crippen molar-refractivity contribution in [3.05, 3.63) is 40.6 Å². The number of aliphatic hydroxyl groups is 1. The van der Waals surface area contributed by atoms with Crippen LogP contribution in [0.15, 0.2) is 18.3 Å². The van der Waals surface area contributed by atoms with Crippen molar-refractivity contribution in [3.63, 3.8) is 0 Å². The molecule has 172 valence electrons. The molecule has 0 amide bonds. The molecule has 2 heterocycles. The van der Waals surface area contributed by atoms with Gasteiger partial charge in [0.15, 0.2) is 0 Å². The van der Waals surface area contributed by atoms with E-state index in [0.29, 0.717) is 11.4 Å². The maximum atomic E-state index is 12.1. The molecule has 3 aliphatic rings. The first-order valence-corrected chi connectivity index (χ1v) is 11.7.